The van der Waals surface area contributed by atoms with Gasteiger partial charge < -0.3 is 19.9 Å². The van der Waals surface area contributed by atoms with Gasteiger partial charge in [0.2, 0.25) is 5.75 Å². The zero-order valence-electron chi connectivity index (χ0n) is 13.9. The number of nitriles is 1. The number of nitrogens with one attached hydrogen (secondary N) is 1. The van der Waals surface area contributed by atoms with Crippen molar-refractivity contribution in [3.63, 3.8) is 0 Å². The molecule has 0 atom stereocenters. The van der Waals surface area contributed by atoms with Crippen LogP contribution in [0.2, 0.25) is 0 Å². The quantitative estimate of drug-likeness (QED) is 0.624. The van der Waals surface area contributed by atoms with Gasteiger partial charge in [-0.3, -0.25) is 4.79 Å². The number of amides is 1. The number of phenols is 1. The predicted octanol–water partition coefficient (Wildman–Crippen LogP) is 2.63. The topological polar surface area (TPSA) is 91.6 Å². The summed E-state index contributed by atoms with van der Waals surface area (Å²) >= 11 is 0. The Hall–Kier alpha value is -3.46. The van der Waals surface area contributed by atoms with Crippen molar-refractivity contribution >= 4 is 12.0 Å². The minimum Gasteiger partial charge on any atom is -0.502 e. The van der Waals surface area contributed by atoms with Crippen LogP contribution in [-0.4, -0.2) is 25.2 Å². The standard InChI is InChI=1S/C19H18N2O4/c1-24-16-9-14(10-17(25-2)18(16)22)8-15(11-20)19(23)21-12-13-6-4-3-5-7-13/h3-10,22H,12H2,1-2H3,(H,21,23)/b15-8+. The average Bonchev–Trinajstić information content (AvgIpc) is 2.65. The number of methoxy groups -OCH3 is 2. The van der Waals surface area contributed by atoms with Crippen LogP contribution in [0.1, 0.15) is 11.1 Å². The number of hydrogen-bond acceptors (Lipinski definition) is 5. The van der Waals surface area contributed by atoms with Crippen LogP contribution in [0.15, 0.2) is 48.0 Å². The summed E-state index contributed by atoms with van der Waals surface area (Å²) in [5, 5.41) is 21.9. The minimum absolute atomic E-state index is 0.0641. The molecule has 0 aliphatic heterocycles. The molecule has 6 heteroatoms. The summed E-state index contributed by atoms with van der Waals surface area (Å²) in [6.45, 7) is 0.320. The van der Waals surface area contributed by atoms with Crippen molar-refractivity contribution in [2.45, 2.75) is 6.54 Å². The number of hydrogen-bond donors (Lipinski definition) is 2. The summed E-state index contributed by atoms with van der Waals surface area (Å²) in [6, 6.07) is 14.3. The predicted molar refractivity (Wildman–Crippen MR) is 93.1 cm³/mol. The molecule has 25 heavy (non-hydrogen) atoms. The number of rotatable bonds is 6. The van der Waals surface area contributed by atoms with E-state index in [-0.39, 0.29) is 22.8 Å². The van der Waals surface area contributed by atoms with Crippen LogP contribution in [-0.2, 0) is 11.3 Å². The maximum absolute atomic E-state index is 12.2. The van der Waals surface area contributed by atoms with Crippen LogP contribution < -0.4 is 14.8 Å². The number of nitrogens with zero attached hydrogens (tertiary/aromatic N) is 1. The first-order chi connectivity index (χ1) is 12.1. The van der Waals surface area contributed by atoms with Gasteiger partial charge in [-0.05, 0) is 29.3 Å². The first kappa shape index (κ1) is 17.9. The van der Waals surface area contributed by atoms with Crippen LogP contribution in [0.25, 0.3) is 6.08 Å². The van der Waals surface area contributed by atoms with E-state index >= 15 is 0 Å². The fourth-order valence-corrected chi connectivity index (χ4v) is 2.19. The second kappa shape index (κ2) is 8.41. The highest BCUT2D eigenvalue weighted by Crippen LogP contribution is 2.37. The summed E-state index contributed by atoms with van der Waals surface area (Å²) in [6.07, 6.45) is 1.41. The van der Waals surface area contributed by atoms with E-state index in [0.29, 0.717) is 12.1 Å². The molecule has 0 unspecified atom stereocenters. The van der Waals surface area contributed by atoms with E-state index in [1.165, 1.54) is 32.4 Å². The van der Waals surface area contributed by atoms with Crippen LogP contribution >= 0.6 is 0 Å². The van der Waals surface area contributed by atoms with E-state index in [1.54, 1.807) is 0 Å². The number of benzene rings is 2. The van der Waals surface area contributed by atoms with Crippen molar-refractivity contribution in [1.82, 2.24) is 5.32 Å². The highest BCUT2D eigenvalue weighted by atomic mass is 16.5. The highest BCUT2D eigenvalue weighted by Gasteiger charge is 2.13. The molecule has 0 aliphatic rings. The van der Waals surface area contributed by atoms with E-state index in [4.69, 9.17) is 9.47 Å². The van der Waals surface area contributed by atoms with E-state index in [1.807, 2.05) is 36.4 Å². The lowest BCUT2D eigenvalue weighted by Gasteiger charge is -2.10. The average molecular weight is 338 g/mol. The van der Waals surface area contributed by atoms with Crippen LogP contribution in [0.3, 0.4) is 0 Å². The van der Waals surface area contributed by atoms with Crippen molar-refractivity contribution in [2.75, 3.05) is 14.2 Å². The molecule has 0 saturated carbocycles. The Morgan fingerprint density at radius 2 is 1.80 bits per heavy atom. The van der Waals surface area contributed by atoms with Crippen molar-refractivity contribution in [1.29, 1.82) is 5.26 Å². The highest BCUT2D eigenvalue weighted by molar-refractivity contribution is 6.01. The first-order valence-electron chi connectivity index (χ1n) is 7.48. The molecule has 1 amide bonds. The smallest absolute Gasteiger partial charge is 0.262 e. The number of carbonyl (C=O) groups excluding carboxylic acids is 1. The Kier molecular flexibility index (Phi) is 6.02. The Morgan fingerprint density at radius 1 is 1.20 bits per heavy atom. The lowest BCUT2D eigenvalue weighted by molar-refractivity contribution is -0.117. The Bertz CT molecular complexity index is 798. The monoisotopic (exact) mass is 338 g/mol. The molecule has 2 rings (SSSR count). The summed E-state index contributed by atoms with van der Waals surface area (Å²) < 4.78 is 10.1. The maximum atomic E-state index is 12.2. The molecule has 2 N–H and O–H groups in total. The van der Waals surface area contributed by atoms with Crippen LogP contribution in [0.4, 0.5) is 0 Å². The molecule has 2 aromatic carbocycles. The van der Waals surface area contributed by atoms with Gasteiger partial charge in [0.05, 0.1) is 14.2 Å². The summed E-state index contributed by atoms with van der Waals surface area (Å²) in [4.78, 5) is 12.2. The second-order valence-electron chi connectivity index (χ2n) is 5.11. The molecule has 0 aromatic heterocycles. The molecule has 2 aromatic rings. The Morgan fingerprint density at radius 3 is 2.32 bits per heavy atom. The molecule has 0 spiro atoms. The van der Waals surface area contributed by atoms with E-state index in [9.17, 15) is 15.2 Å². The van der Waals surface area contributed by atoms with Crippen LogP contribution in [0, 0.1) is 11.3 Å². The van der Waals surface area contributed by atoms with E-state index < -0.39 is 5.91 Å². The van der Waals surface area contributed by atoms with Crippen molar-refractivity contribution in [3.8, 4) is 23.3 Å². The number of carbonyl (C=O) groups is 1. The third kappa shape index (κ3) is 4.52. The number of phenolic OH excluding ortho intramolecular Hbond substituents is 1. The molecule has 0 bridgehead atoms. The third-order valence-electron chi connectivity index (χ3n) is 3.47. The summed E-state index contributed by atoms with van der Waals surface area (Å²) in [5.41, 5.74) is 1.37. The van der Waals surface area contributed by atoms with Crippen molar-refractivity contribution < 1.29 is 19.4 Å². The minimum atomic E-state index is -0.489. The lowest BCUT2D eigenvalue weighted by Crippen LogP contribution is -2.23. The normalized spacial score (nSPS) is 10.7. The molecule has 128 valence electrons. The maximum Gasteiger partial charge on any atom is 0.262 e. The van der Waals surface area contributed by atoms with Gasteiger partial charge in [0.15, 0.2) is 11.5 Å². The number of aromatic hydroxyl groups is 1. The van der Waals surface area contributed by atoms with Crippen molar-refractivity contribution in [3.05, 3.63) is 59.2 Å². The second-order valence-corrected chi connectivity index (χ2v) is 5.11. The molecule has 0 aliphatic carbocycles. The largest absolute Gasteiger partial charge is 0.502 e. The van der Waals surface area contributed by atoms with Crippen LogP contribution in [0.5, 0.6) is 17.2 Å². The number of ether oxygens (including phenoxy) is 2. The third-order valence-corrected chi connectivity index (χ3v) is 3.47. The fourth-order valence-electron chi connectivity index (χ4n) is 2.19. The Labute approximate surface area is 145 Å². The molecular weight excluding hydrogens is 320 g/mol. The van der Waals surface area contributed by atoms with Gasteiger partial charge in [0, 0.05) is 6.54 Å². The molecular formula is C19H18N2O4. The zero-order chi connectivity index (χ0) is 18.2. The lowest BCUT2D eigenvalue weighted by atomic mass is 10.1. The van der Waals surface area contributed by atoms with Gasteiger partial charge in [-0.15, -0.1) is 0 Å². The van der Waals surface area contributed by atoms with Gasteiger partial charge in [-0.2, -0.15) is 5.26 Å². The zero-order valence-corrected chi connectivity index (χ0v) is 13.9. The SMILES string of the molecule is COc1cc(/C=C(\C#N)C(=O)NCc2ccccc2)cc(OC)c1O. The molecule has 0 heterocycles. The molecule has 0 radical (unpaired) electrons. The van der Waals surface area contributed by atoms with Gasteiger partial charge in [-0.1, -0.05) is 30.3 Å². The summed E-state index contributed by atoms with van der Waals surface area (Å²) in [7, 11) is 2.81. The van der Waals surface area contributed by atoms with Gasteiger partial charge in [0.1, 0.15) is 11.6 Å². The molecule has 6 nitrogen and oxygen atoms in total. The van der Waals surface area contributed by atoms with E-state index in [2.05, 4.69) is 5.32 Å². The molecule has 0 fully saturated rings. The summed E-state index contributed by atoms with van der Waals surface area (Å²) in [5.74, 6) is -0.258. The fraction of sp³-hybridized carbons (Fsp3) is 0.158. The van der Waals surface area contributed by atoms with Gasteiger partial charge in [-0.25, -0.2) is 0 Å². The van der Waals surface area contributed by atoms with Gasteiger partial charge in [0.25, 0.3) is 5.91 Å². The van der Waals surface area contributed by atoms with Crippen molar-refractivity contribution in [2.24, 2.45) is 0 Å². The first-order valence-corrected chi connectivity index (χ1v) is 7.48. The van der Waals surface area contributed by atoms with Gasteiger partial charge >= 0.3 is 0 Å². The molecule has 0 saturated heterocycles. The Balaban J connectivity index is 2.22. The van der Waals surface area contributed by atoms with E-state index in [0.717, 1.165) is 5.56 Å².